The normalized spacial score (nSPS) is 18.3. The number of nitrogens with zero attached hydrogens (tertiary/aromatic N) is 3. The van der Waals surface area contributed by atoms with Gasteiger partial charge in [0.25, 0.3) is 0 Å². The smallest absolute Gasteiger partial charge is 0.175 e. The maximum Gasteiger partial charge on any atom is 0.175 e. The lowest BCUT2D eigenvalue weighted by Gasteiger charge is -2.28. The van der Waals surface area contributed by atoms with Crippen LogP contribution in [0.15, 0.2) is 30.5 Å². The second-order valence-corrected chi connectivity index (χ2v) is 8.60. The third-order valence-corrected chi connectivity index (χ3v) is 6.31. The van der Waals surface area contributed by atoms with Gasteiger partial charge in [-0.1, -0.05) is 12.0 Å². The van der Waals surface area contributed by atoms with Gasteiger partial charge in [0.2, 0.25) is 0 Å². The zero-order valence-corrected chi connectivity index (χ0v) is 18.6. The molecular formula is C25H24F2N6O. The Labute approximate surface area is 195 Å². The van der Waals surface area contributed by atoms with Gasteiger partial charge in [-0.15, -0.1) is 6.42 Å². The number of anilines is 1. The van der Waals surface area contributed by atoms with Crippen molar-refractivity contribution in [1.82, 2.24) is 20.1 Å². The first-order valence-electron chi connectivity index (χ1n) is 11.1. The van der Waals surface area contributed by atoms with Crippen LogP contribution in [0.5, 0.6) is 5.75 Å². The maximum atomic E-state index is 15.9. The van der Waals surface area contributed by atoms with E-state index in [1.165, 1.54) is 35.1 Å². The van der Waals surface area contributed by atoms with Crippen molar-refractivity contribution in [1.29, 1.82) is 0 Å². The Morgan fingerprint density at radius 2 is 2.15 bits per heavy atom. The molecule has 2 aromatic heterocycles. The summed E-state index contributed by atoms with van der Waals surface area (Å²) in [5, 5.41) is 22.6. The minimum Gasteiger partial charge on any atom is -0.508 e. The maximum absolute atomic E-state index is 15.9. The van der Waals surface area contributed by atoms with E-state index in [0.717, 1.165) is 19.3 Å². The topological polar surface area (TPSA) is 101 Å². The third-order valence-electron chi connectivity index (χ3n) is 6.31. The molecule has 34 heavy (non-hydrogen) atoms. The highest BCUT2D eigenvalue weighted by molar-refractivity contribution is 6.03. The van der Waals surface area contributed by atoms with E-state index in [-0.39, 0.29) is 40.3 Å². The van der Waals surface area contributed by atoms with Gasteiger partial charge in [0.05, 0.1) is 17.1 Å². The Hall–Kier alpha value is -3.74. The first-order chi connectivity index (χ1) is 16.4. The second-order valence-electron chi connectivity index (χ2n) is 8.60. The van der Waals surface area contributed by atoms with E-state index in [1.54, 1.807) is 7.05 Å². The van der Waals surface area contributed by atoms with E-state index in [0.29, 0.717) is 28.5 Å². The molecule has 1 aliphatic rings. The molecule has 0 spiro atoms. The number of aromatic nitrogens is 3. The summed E-state index contributed by atoms with van der Waals surface area (Å²) in [5.41, 5.74) is 6.36. The molecule has 1 fully saturated rings. The number of halogens is 2. The summed E-state index contributed by atoms with van der Waals surface area (Å²) < 4.78 is 31.7. The molecule has 0 saturated carbocycles. The van der Waals surface area contributed by atoms with Crippen LogP contribution < -0.4 is 16.4 Å². The molecule has 4 aromatic rings. The SMILES string of the molecule is C#Cc1c(F)ccc2cc(O)cc(-c3ncc4c(NCC5CCCC(N)N5)nn(C)c4c3F)c12. The number of rotatable bonds is 4. The van der Waals surface area contributed by atoms with E-state index in [9.17, 15) is 9.50 Å². The monoisotopic (exact) mass is 462 g/mol. The molecule has 2 aromatic carbocycles. The van der Waals surface area contributed by atoms with E-state index < -0.39 is 11.6 Å². The Balaban J connectivity index is 1.60. The number of phenols is 1. The molecule has 9 heteroatoms. The number of pyridine rings is 1. The summed E-state index contributed by atoms with van der Waals surface area (Å²) >= 11 is 0. The van der Waals surface area contributed by atoms with E-state index in [2.05, 4.69) is 26.6 Å². The number of nitrogens with one attached hydrogen (secondary N) is 2. The van der Waals surface area contributed by atoms with Crippen molar-refractivity contribution in [3.05, 3.63) is 47.7 Å². The number of aromatic hydroxyl groups is 1. The number of terminal acetylenes is 1. The molecular weight excluding hydrogens is 438 g/mol. The van der Waals surface area contributed by atoms with E-state index in [1.807, 2.05) is 0 Å². The lowest BCUT2D eigenvalue weighted by Crippen LogP contribution is -2.50. The van der Waals surface area contributed by atoms with Crippen molar-refractivity contribution in [2.45, 2.75) is 31.5 Å². The van der Waals surface area contributed by atoms with Crippen molar-refractivity contribution < 1.29 is 13.9 Å². The van der Waals surface area contributed by atoms with Crippen LogP contribution in [0.4, 0.5) is 14.6 Å². The number of hydrogen-bond donors (Lipinski definition) is 4. The zero-order valence-electron chi connectivity index (χ0n) is 18.6. The van der Waals surface area contributed by atoms with Crippen molar-refractivity contribution in [3.63, 3.8) is 0 Å². The molecule has 1 aliphatic heterocycles. The lowest BCUT2D eigenvalue weighted by molar-refractivity contribution is 0.334. The van der Waals surface area contributed by atoms with Gasteiger partial charge in [-0.3, -0.25) is 15.0 Å². The molecule has 1 saturated heterocycles. The number of phenolic OH excluding ortho intramolecular Hbond substituents is 1. The van der Waals surface area contributed by atoms with E-state index >= 15 is 4.39 Å². The highest BCUT2D eigenvalue weighted by Gasteiger charge is 2.23. The van der Waals surface area contributed by atoms with Gasteiger partial charge in [0.1, 0.15) is 22.8 Å². The van der Waals surface area contributed by atoms with Crippen LogP contribution in [0.2, 0.25) is 0 Å². The van der Waals surface area contributed by atoms with Crippen LogP contribution in [0, 0.1) is 24.0 Å². The largest absolute Gasteiger partial charge is 0.508 e. The highest BCUT2D eigenvalue weighted by Crippen LogP contribution is 2.38. The van der Waals surface area contributed by atoms with Crippen molar-refractivity contribution in [2.75, 3.05) is 11.9 Å². The highest BCUT2D eigenvalue weighted by atomic mass is 19.1. The molecule has 5 N–H and O–H groups in total. The van der Waals surface area contributed by atoms with Gasteiger partial charge in [-0.2, -0.15) is 5.10 Å². The molecule has 0 amide bonds. The summed E-state index contributed by atoms with van der Waals surface area (Å²) in [6.07, 6.45) is 10.0. The van der Waals surface area contributed by atoms with Crippen LogP contribution in [-0.2, 0) is 7.05 Å². The van der Waals surface area contributed by atoms with Crippen molar-refractivity contribution in [3.8, 4) is 29.4 Å². The molecule has 7 nitrogen and oxygen atoms in total. The van der Waals surface area contributed by atoms with Gasteiger partial charge in [0.15, 0.2) is 11.6 Å². The average molecular weight is 463 g/mol. The lowest BCUT2D eigenvalue weighted by atomic mass is 9.96. The van der Waals surface area contributed by atoms with Crippen LogP contribution >= 0.6 is 0 Å². The van der Waals surface area contributed by atoms with Crippen LogP contribution in [0.3, 0.4) is 0 Å². The average Bonchev–Trinajstić information content (AvgIpc) is 3.14. The molecule has 2 unspecified atom stereocenters. The van der Waals surface area contributed by atoms with Gasteiger partial charge < -0.3 is 16.2 Å². The third kappa shape index (κ3) is 3.71. The minimum atomic E-state index is -0.641. The fourth-order valence-corrected chi connectivity index (χ4v) is 4.73. The van der Waals surface area contributed by atoms with Crippen LogP contribution in [0.1, 0.15) is 24.8 Å². The fraction of sp³-hybridized carbons (Fsp3) is 0.280. The number of piperidine rings is 1. The summed E-state index contributed by atoms with van der Waals surface area (Å²) in [5.74, 6) is 1.49. The molecule has 2 atom stereocenters. The predicted octanol–water partition coefficient (Wildman–Crippen LogP) is 3.59. The molecule has 174 valence electrons. The second kappa shape index (κ2) is 8.56. The predicted molar refractivity (Wildman–Crippen MR) is 128 cm³/mol. The molecule has 0 bridgehead atoms. The van der Waals surface area contributed by atoms with Gasteiger partial charge in [-0.25, -0.2) is 8.78 Å². The Bertz CT molecular complexity index is 1460. The van der Waals surface area contributed by atoms with Crippen LogP contribution in [-0.4, -0.2) is 38.6 Å². The fourth-order valence-electron chi connectivity index (χ4n) is 4.73. The standard InChI is InChI=1S/C25H24F2N6O/c1-3-16-19(26)8-7-13-9-15(34)10-17(21(13)16)23-22(27)24-18(12-29-23)25(32-33(24)2)30-11-14-5-4-6-20(28)31-14/h1,7-10,12,14,20,31,34H,4-6,11,28H2,2H3,(H,30,32). The first kappa shape index (κ1) is 22.1. The first-order valence-corrected chi connectivity index (χ1v) is 11.1. The number of hydrogen-bond acceptors (Lipinski definition) is 6. The quantitative estimate of drug-likeness (QED) is 0.346. The molecule has 3 heterocycles. The van der Waals surface area contributed by atoms with Gasteiger partial charge in [-0.05, 0) is 42.8 Å². The summed E-state index contributed by atoms with van der Waals surface area (Å²) in [7, 11) is 1.64. The number of fused-ring (bicyclic) bond motifs is 2. The zero-order chi connectivity index (χ0) is 24.0. The number of nitrogens with two attached hydrogens (primary N) is 1. The van der Waals surface area contributed by atoms with Gasteiger partial charge in [0, 0.05) is 36.8 Å². The Kier molecular flexibility index (Phi) is 5.55. The van der Waals surface area contributed by atoms with Crippen LogP contribution in [0.25, 0.3) is 32.9 Å². The Morgan fingerprint density at radius 1 is 1.32 bits per heavy atom. The van der Waals surface area contributed by atoms with E-state index in [4.69, 9.17) is 12.2 Å². The summed E-state index contributed by atoms with van der Waals surface area (Å²) in [6.45, 7) is 0.588. The van der Waals surface area contributed by atoms with Crippen molar-refractivity contribution >= 4 is 27.5 Å². The Morgan fingerprint density at radius 3 is 2.91 bits per heavy atom. The number of aryl methyl sites for hydroxylation is 1. The molecule has 0 aliphatic carbocycles. The minimum absolute atomic E-state index is 0.0145. The summed E-state index contributed by atoms with van der Waals surface area (Å²) in [4.78, 5) is 4.35. The van der Waals surface area contributed by atoms with Gasteiger partial charge >= 0.3 is 0 Å². The number of benzene rings is 2. The molecule has 5 rings (SSSR count). The molecule has 0 radical (unpaired) electrons. The summed E-state index contributed by atoms with van der Waals surface area (Å²) in [6, 6.07) is 5.69. The van der Waals surface area contributed by atoms with Crippen molar-refractivity contribution in [2.24, 2.45) is 12.8 Å².